The quantitative estimate of drug-likeness (QED) is 0.690. The van der Waals surface area contributed by atoms with Gasteiger partial charge in [0.2, 0.25) is 5.91 Å². The molecule has 3 rings (SSSR count). The van der Waals surface area contributed by atoms with Crippen LogP contribution in [0.4, 0.5) is 5.82 Å². The van der Waals surface area contributed by atoms with Crippen LogP contribution in [0.2, 0.25) is 5.02 Å². The Hall–Kier alpha value is -3.06. The second-order valence-electron chi connectivity index (χ2n) is 5.45. The zero-order valence-corrected chi connectivity index (χ0v) is 15.0. The number of benzene rings is 2. The zero-order chi connectivity index (χ0) is 18.7. The molecule has 7 nitrogen and oxygen atoms in total. The third-order valence-corrected chi connectivity index (χ3v) is 3.99. The van der Waals surface area contributed by atoms with Gasteiger partial charge in [0.15, 0.2) is 17.3 Å². The van der Waals surface area contributed by atoms with Gasteiger partial charge in [0.1, 0.15) is 5.82 Å². The lowest BCUT2D eigenvalue weighted by Gasteiger charge is -2.13. The van der Waals surface area contributed by atoms with Crippen molar-refractivity contribution in [2.24, 2.45) is 5.73 Å². The van der Waals surface area contributed by atoms with Crippen LogP contribution in [0.25, 0.3) is 22.3 Å². The van der Waals surface area contributed by atoms with Crippen LogP contribution in [0.5, 0.6) is 11.5 Å². The first-order valence-corrected chi connectivity index (χ1v) is 8.11. The van der Waals surface area contributed by atoms with E-state index in [9.17, 15) is 4.79 Å². The molecule has 0 radical (unpaired) electrons. The maximum atomic E-state index is 11.2. The van der Waals surface area contributed by atoms with Crippen molar-refractivity contribution in [1.82, 2.24) is 9.97 Å². The second kappa shape index (κ2) is 7.45. The number of nitrogens with one attached hydrogen (secondary N) is 1. The number of methoxy groups -OCH3 is 2. The number of primary amides is 1. The first-order chi connectivity index (χ1) is 12.5. The fourth-order valence-corrected chi connectivity index (χ4v) is 2.62. The normalized spacial score (nSPS) is 10.6. The summed E-state index contributed by atoms with van der Waals surface area (Å²) in [6, 6.07) is 10.7. The van der Waals surface area contributed by atoms with Crippen molar-refractivity contribution < 1.29 is 14.3 Å². The molecule has 3 aromatic rings. The van der Waals surface area contributed by atoms with Crippen LogP contribution >= 0.6 is 11.6 Å². The standard InChI is InChI=1S/C18H17ClN4O3/c1-25-14-7-12-13(8-15(14)26-2)22-17(10-3-5-11(19)6-4-10)23-18(12)21-9-16(20)24/h3-8H,9H2,1-2H3,(H2,20,24)(H,21,22,23). The number of amides is 1. The van der Waals surface area contributed by atoms with Crippen molar-refractivity contribution in [2.75, 3.05) is 26.1 Å². The molecule has 8 heteroatoms. The molecule has 0 aliphatic carbocycles. The number of nitrogens with two attached hydrogens (primary N) is 1. The average Bonchev–Trinajstić information content (AvgIpc) is 2.65. The summed E-state index contributed by atoms with van der Waals surface area (Å²) in [4.78, 5) is 20.3. The molecule has 26 heavy (non-hydrogen) atoms. The molecule has 0 fully saturated rings. The number of halogens is 1. The first-order valence-electron chi connectivity index (χ1n) is 7.73. The number of fused-ring (bicyclic) bond motifs is 1. The third-order valence-electron chi connectivity index (χ3n) is 3.73. The lowest BCUT2D eigenvalue weighted by molar-refractivity contribution is -0.116. The number of anilines is 1. The number of ether oxygens (including phenoxy) is 2. The fraction of sp³-hybridized carbons (Fsp3) is 0.167. The highest BCUT2D eigenvalue weighted by molar-refractivity contribution is 6.30. The van der Waals surface area contributed by atoms with Crippen LogP contribution < -0.4 is 20.5 Å². The van der Waals surface area contributed by atoms with Crippen molar-refractivity contribution in [2.45, 2.75) is 0 Å². The van der Waals surface area contributed by atoms with E-state index < -0.39 is 5.91 Å². The summed E-state index contributed by atoms with van der Waals surface area (Å²) in [5.41, 5.74) is 6.67. The van der Waals surface area contributed by atoms with E-state index in [1.807, 2.05) is 12.1 Å². The number of hydrogen-bond acceptors (Lipinski definition) is 6. The molecule has 0 aliphatic heterocycles. The largest absolute Gasteiger partial charge is 0.493 e. The minimum absolute atomic E-state index is 0.0550. The van der Waals surface area contributed by atoms with Gasteiger partial charge in [-0.3, -0.25) is 4.79 Å². The molecule has 0 saturated carbocycles. The van der Waals surface area contributed by atoms with E-state index in [4.69, 9.17) is 26.8 Å². The average molecular weight is 373 g/mol. The molecule has 2 aromatic carbocycles. The molecule has 0 bridgehead atoms. The van der Waals surface area contributed by atoms with E-state index in [0.717, 1.165) is 5.56 Å². The monoisotopic (exact) mass is 372 g/mol. The highest BCUT2D eigenvalue weighted by atomic mass is 35.5. The van der Waals surface area contributed by atoms with Gasteiger partial charge in [-0.1, -0.05) is 11.6 Å². The predicted molar refractivity (Wildman–Crippen MR) is 101 cm³/mol. The van der Waals surface area contributed by atoms with Gasteiger partial charge < -0.3 is 20.5 Å². The van der Waals surface area contributed by atoms with E-state index in [0.29, 0.717) is 39.1 Å². The summed E-state index contributed by atoms with van der Waals surface area (Å²) in [5.74, 6) is 1.53. The molecular formula is C18H17ClN4O3. The number of nitrogens with zero attached hydrogens (tertiary/aromatic N) is 2. The molecule has 3 N–H and O–H groups in total. The van der Waals surface area contributed by atoms with Gasteiger partial charge in [0.05, 0.1) is 26.3 Å². The Bertz CT molecular complexity index is 961. The minimum Gasteiger partial charge on any atom is -0.493 e. The SMILES string of the molecule is COc1cc2nc(-c3ccc(Cl)cc3)nc(NCC(N)=O)c2cc1OC. The Morgan fingerprint density at radius 3 is 2.38 bits per heavy atom. The van der Waals surface area contributed by atoms with Gasteiger partial charge in [-0.25, -0.2) is 9.97 Å². The molecule has 0 spiro atoms. The summed E-state index contributed by atoms with van der Waals surface area (Å²) in [7, 11) is 3.10. The smallest absolute Gasteiger partial charge is 0.236 e. The van der Waals surface area contributed by atoms with Gasteiger partial charge in [-0.05, 0) is 30.3 Å². The third kappa shape index (κ3) is 3.62. The number of rotatable bonds is 6. The van der Waals surface area contributed by atoms with E-state index in [2.05, 4.69) is 15.3 Å². The number of aromatic nitrogens is 2. The van der Waals surface area contributed by atoms with Crippen molar-refractivity contribution in [3.8, 4) is 22.9 Å². The van der Waals surface area contributed by atoms with Crippen LogP contribution in [0, 0.1) is 0 Å². The lowest BCUT2D eigenvalue weighted by Crippen LogP contribution is -2.22. The zero-order valence-electron chi connectivity index (χ0n) is 14.2. The van der Waals surface area contributed by atoms with Gasteiger partial charge >= 0.3 is 0 Å². The summed E-state index contributed by atoms with van der Waals surface area (Å²) in [5, 5.41) is 4.25. The molecule has 134 valence electrons. The Morgan fingerprint density at radius 2 is 1.77 bits per heavy atom. The molecule has 0 atom stereocenters. The predicted octanol–water partition coefficient (Wildman–Crippen LogP) is 2.86. The topological polar surface area (TPSA) is 99.4 Å². The Labute approximate surface area is 155 Å². The molecule has 0 unspecified atom stereocenters. The Morgan fingerprint density at radius 1 is 1.12 bits per heavy atom. The Balaban J connectivity index is 2.20. The highest BCUT2D eigenvalue weighted by Crippen LogP contribution is 2.35. The summed E-state index contributed by atoms with van der Waals surface area (Å²) < 4.78 is 10.7. The number of carbonyl (C=O) groups excluding carboxylic acids is 1. The van der Waals surface area contributed by atoms with Crippen molar-refractivity contribution >= 4 is 34.2 Å². The number of carbonyl (C=O) groups is 1. The second-order valence-corrected chi connectivity index (χ2v) is 5.88. The Kier molecular flexibility index (Phi) is 5.09. The van der Waals surface area contributed by atoms with Crippen molar-refractivity contribution in [1.29, 1.82) is 0 Å². The molecule has 0 saturated heterocycles. The van der Waals surface area contributed by atoms with Crippen molar-refractivity contribution in [3.05, 3.63) is 41.4 Å². The molecule has 1 aromatic heterocycles. The maximum absolute atomic E-state index is 11.2. The van der Waals surface area contributed by atoms with Gasteiger partial charge in [0.25, 0.3) is 0 Å². The molecule has 1 heterocycles. The summed E-state index contributed by atoms with van der Waals surface area (Å²) >= 11 is 5.95. The van der Waals surface area contributed by atoms with Gasteiger partial charge in [-0.15, -0.1) is 0 Å². The lowest BCUT2D eigenvalue weighted by atomic mass is 10.1. The van der Waals surface area contributed by atoms with E-state index in [1.165, 1.54) is 0 Å². The van der Waals surface area contributed by atoms with Crippen LogP contribution in [0.3, 0.4) is 0 Å². The summed E-state index contributed by atoms with van der Waals surface area (Å²) in [6.07, 6.45) is 0. The van der Waals surface area contributed by atoms with E-state index in [1.54, 1.807) is 38.5 Å². The summed E-state index contributed by atoms with van der Waals surface area (Å²) in [6.45, 7) is -0.0550. The minimum atomic E-state index is -0.495. The fourth-order valence-electron chi connectivity index (χ4n) is 2.49. The van der Waals surface area contributed by atoms with Gasteiger partial charge in [-0.2, -0.15) is 0 Å². The maximum Gasteiger partial charge on any atom is 0.236 e. The van der Waals surface area contributed by atoms with Crippen LogP contribution in [-0.2, 0) is 4.79 Å². The first kappa shape index (κ1) is 17.8. The van der Waals surface area contributed by atoms with Crippen LogP contribution in [0.15, 0.2) is 36.4 Å². The molecule has 0 aliphatic rings. The van der Waals surface area contributed by atoms with Crippen molar-refractivity contribution in [3.63, 3.8) is 0 Å². The highest BCUT2D eigenvalue weighted by Gasteiger charge is 2.14. The molecular weight excluding hydrogens is 356 g/mol. The van der Waals surface area contributed by atoms with E-state index >= 15 is 0 Å². The number of hydrogen-bond donors (Lipinski definition) is 2. The van der Waals surface area contributed by atoms with Crippen LogP contribution in [0.1, 0.15) is 0 Å². The van der Waals surface area contributed by atoms with Gasteiger partial charge in [0, 0.05) is 22.0 Å². The van der Waals surface area contributed by atoms with E-state index in [-0.39, 0.29) is 6.54 Å². The molecule has 1 amide bonds. The van der Waals surface area contributed by atoms with Crippen LogP contribution in [-0.4, -0.2) is 36.6 Å².